The predicted octanol–water partition coefficient (Wildman–Crippen LogP) is 1.19. The van der Waals surface area contributed by atoms with Crippen molar-refractivity contribution in [2.75, 3.05) is 13.2 Å². The fourth-order valence-electron chi connectivity index (χ4n) is 2.38. The molecule has 0 bridgehead atoms. The van der Waals surface area contributed by atoms with E-state index in [0.29, 0.717) is 6.42 Å². The molecule has 0 amide bonds. The third kappa shape index (κ3) is 2.85. The van der Waals surface area contributed by atoms with Crippen molar-refractivity contribution in [3.05, 3.63) is 53.3 Å². The monoisotopic (exact) mass is 260 g/mol. The number of hydrogen-bond donors (Lipinski definition) is 2. The van der Waals surface area contributed by atoms with Gasteiger partial charge in [0.1, 0.15) is 0 Å². The quantitative estimate of drug-likeness (QED) is 0.849. The molecular formula is C15H20N2O2. The Morgan fingerprint density at radius 2 is 2.00 bits per heavy atom. The minimum atomic E-state index is -0.658. The Labute approximate surface area is 113 Å². The molecule has 1 heterocycles. The van der Waals surface area contributed by atoms with Crippen molar-refractivity contribution in [1.29, 1.82) is 0 Å². The van der Waals surface area contributed by atoms with Crippen LogP contribution in [0, 0.1) is 6.92 Å². The first-order valence-electron chi connectivity index (χ1n) is 6.36. The van der Waals surface area contributed by atoms with Crippen LogP contribution in [0.4, 0.5) is 0 Å². The van der Waals surface area contributed by atoms with Crippen LogP contribution >= 0.6 is 0 Å². The summed E-state index contributed by atoms with van der Waals surface area (Å²) in [6.45, 7) is 1.82. The molecule has 0 aliphatic carbocycles. The van der Waals surface area contributed by atoms with Crippen LogP contribution in [-0.4, -0.2) is 33.2 Å². The van der Waals surface area contributed by atoms with Gasteiger partial charge < -0.3 is 10.2 Å². The summed E-state index contributed by atoms with van der Waals surface area (Å²) in [5.41, 5.74) is 2.43. The molecule has 0 saturated carbocycles. The van der Waals surface area contributed by atoms with Crippen molar-refractivity contribution in [3.63, 3.8) is 0 Å². The van der Waals surface area contributed by atoms with Crippen LogP contribution < -0.4 is 0 Å². The largest absolute Gasteiger partial charge is 0.395 e. The second kappa shape index (κ2) is 5.55. The average Bonchev–Trinajstić information content (AvgIpc) is 2.81. The fraction of sp³-hybridized carbons (Fsp3) is 0.400. The Bertz CT molecular complexity index is 545. The second-order valence-electron chi connectivity index (χ2n) is 5.17. The maximum Gasteiger partial charge on any atom is 0.0553 e. The molecule has 0 aliphatic heterocycles. The molecule has 1 aromatic carbocycles. The van der Waals surface area contributed by atoms with Gasteiger partial charge in [-0.3, -0.25) is 4.68 Å². The lowest BCUT2D eigenvalue weighted by Crippen LogP contribution is -2.37. The first kappa shape index (κ1) is 13.8. The summed E-state index contributed by atoms with van der Waals surface area (Å²) in [5, 5.41) is 23.7. The molecule has 19 heavy (non-hydrogen) atoms. The van der Waals surface area contributed by atoms with Gasteiger partial charge in [-0.2, -0.15) is 5.10 Å². The molecule has 2 rings (SSSR count). The van der Waals surface area contributed by atoms with Gasteiger partial charge in [0.25, 0.3) is 0 Å². The topological polar surface area (TPSA) is 58.3 Å². The number of rotatable bonds is 5. The maximum atomic E-state index is 9.80. The zero-order chi connectivity index (χ0) is 13.9. The van der Waals surface area contributed by atoms with Gasteiger partial charge in [-0.05, 0) is 24.5 Å². The molecule has 102 valence electrons. The van der Waals surface area contributed by atoms with E-state index >= 15 is 0 Å². The number of aryl methyl sites for hydroxylation is 2. The number of hydrogen-bond acceptors (Lipinski definition) is 3. The summed E-state index contributed by atoms with van der Waals surface area (Å²) in [6.07, 6.45) is 4.25. The summed E-state index contributed by atoms with van der Waals surface area (Å²) >= 11 is 0. The molecule has 0 spiro atoms. The van der Waals surface area contributed by atoms with Gasteiger partial charge >= 0.3 is 0 Å². The maximum absolute atomic E-state index is 9.80. The van der Waals surface area contributed by atoms with E-state index in [-0.39, 0.29) is 13.2 Å². The van der Waals surface area contributed by atoms with Crippen molar-refractivity contribution < 1.29 is 10.2 Å². The van der Waals surface area contributed by atoms with E-state index in [2.05, 4.69) is 5.10 Å². The highest BCUT2D eigenvalue weighted by Gasteiger charge is 2.31. The van der Waals surface area contributed by atoms with Crippen LogP contribution in [0.15, 0.2) is 36.7 Å². The van der Waals surface area contributed by atoms with Crippen molar-refractivity contribution in [1.82, 2.24) is 9.78 Å². The van der Waals surface area contributed by atoms with E-state index in [1.54, 1.807) is 10.9 Å². The molecule has 4 nitrogen and oxygen atoms in total. The average molecular weight is 260 g/mol. The highest BCUT2D eigenvalue weighted by molar-refractivity contribution is 5.32. The van der Waals surface area contributed by atoms with Crippen LogP contribution in [0.3, 0.4) is 0 Å². The summed E-state index contributed by atoms with van der Waals surface area (Å²) in [5.74, 6) is 0. The Hall–Kier alpha value is -1.65. The van der Waals surface area contributed by atoms with Crippen LogP contribution in [0.5, 0.6) is 0 Å². The molecule has 0 radical (unpaired) electrons. The molecule has 2 aromatic rings. The number of aromatic nitrogens is 2. The minimum Gasteiger partial charge on any atom is -0.395 e. The van der Waals surface area contributed by atoms with Crippen molar-refractivity contribution in [2.45, 2.75) is 18.8 Å². The van der Waals surface area contributed by atoms with Gasteiger partial charge in [0.05, 0.1) is 19.4 Å². The zero-order valence-electron chi connectivity index (χ0n) is 11.4. The number of nitrogens with zero attached hydrogens (tertiary/aromatic N) is 2. The fourth-order valence-corrected chi connectivity index (χ4v) is 2.38. The van der Waals surface area contributed by atoms with Crippen LogP contribution in [-0.2, 0) is 18.9 Å². The van der Waals surface area contributed by atoms with E-state index in [1.165, 1.54) is 0 Å². The Morgan fingerprint density at radius 3 is 2.53 bits per heavy atom. The predicted molar refractivity (Wildman–Crippen MR) is 73.9 cm³/mol. The number of benzene rings is 1. The van der Waals surface area contributed by atoms with Crippen LogP contribution in [0.1, 0.15) is 16.7 Å². The molecule has 0 unspecified atom stereocenters. The minimum absolute atomic E-state index is 0.0954. The third-order valence-corrected chi connectivity index (χ3v) is 3.54. The Kier molecular flexibility index (Phi) is 4.02. The molecule has 0 saturated heterocycles. The number of aliphatic hydroxyl groups excluding tert-OH is 2. The van der Waals surface area contributed by atoms with E-state index in [0.717, 1.165) is 16.7 Å². The first-order valence-corrected chi connectivity index (χ1v) is 6.36. The van der Waals surface area contributed by atoms with Gasteiger partial charge in [-0.25, -0.2) is 0 Å². The van der Waals surface area contributed by atoms with Crippen LogP contribution in [0.2, 0.25) is 0 Å². The van der Waals surface area contributed by atoms with Gasteiger partial charge in [-0.1, -0.05) is 29.8 Å². The SMILES string of the molecule is Cc1cccc(C(CO)(CO)Cc2cnn(C)c2)c1. The summed E-state index contributed by atoms with van der Waals surface area (Å²) in [6, 6.07) is 7.93. The van der Waals surface area contributed by atoms with E-state index in [1.807, 2.05) is 44.4 Å². The Balaban J connectivity index is 2.37. The molecular weight excluding hydrogens is 240 g/mol. The highest BCUT2D eigenvalue weighted by Crippen LogP contribution is 2.28. The molecule has 0 aliphatic rings. The summed E-state index contributed by atoms with van der Waals surface area (Å²) < 4.78 is 1.73. The normalized spacial score (nSPS) is 11.8. The van der Waals surface area contributed by atoms with Crippen molar-refractivity contribution in [2.24, 2.45) is 7.05 Å². The molecule has 0 fully saturated rings. The zero-order valence-corrected chi connectivity index (χ0v) is 11.4. The summed E-state index contributed by atoms with van der Waals surface area (Å²) in [4.78, 5) is 0. The highest BCUT2D eigenvalue weighted by atomic mass is 16.3. The lowest BCUT2D eigenvalue weighted by atomic mass is 9.77. The van der Waals surface area contributed by atoms with Crippen LogP contribution in [0.25, 0.3) is 0 Å². The first-order chi connectivity index (χ1) is 9.09. The van der Waals surface area contributed by atoms with Gasteiger partial charge in [-0.15, -0.1) is 0 Å². The number of aliphatic hydroxyl groups is 2. The third-order valence-electron chi connectivity index (χ3n) is 3.54. The molecule has 1 aromatic heterocycles. The lowest BCUT2D eigenvalue weighted by molar-refractivity contribution is 0.116. The summed E-state index contributed by atoms with van der Waals surface area (Å²) in [7, 11) is 1.86. The van der Waals surface area contributed by atoms with Gasteiger partial charge in [0.15, 0.2) is 0 Å². The van der Waals surface area contributed by atoms with Gasteiger partial charge in [0.2, 0.25) is 0 Å². The van der Waals surface area contributed by atoms with E-state index in [4.69, 9.17) is 0 Å². The van der Waals surface area contributed by atoms with Crippen molar-refractivity contribution in [3.8, 4) is 0 Å². The Morgan fingerprint density at radius 1 is 1.26 bits per heavy atom. The smallest absolute Gasteiger partial charge is 0.0553 e. The van der Waals surface area contributed by atoms with E-state index in [9.17, 15) is 10.2 Å². The standard InChI is InChI=1S/C15H20N2O2/c1-12-4-3-5-14(6-12)15(10-18,11-19)7-13-8-16-17(2)9-13/h3-6,8-9,18-19H,7,10-11H2,1-2H3. The molecule has 4 heteroatoms. The van der Waals surface area contributed by atoms with Gasteiger partial charge in [0, 0.05) is 18.7 Å². The second-order valence-corrected chi connectivity index (χ2v) is 5.17. The van der Waals surface area contributed by atoms with E-state index < -0.39 is 5.41 Å². The molecule has 2 N–H and O–H groups in total. The van der Waals surface area contributed by atoms with Crippen molar-refractivity contribution >= 4 is 0 Å². The lowest BCUT2D eigenvalue weighted by Gasteiger charge is -2.30. The molecule has 0 atom stereocenters.